The summed E-state index contributed by atoms with van der Waals surface area (Å²) in [6, 6.07) is 4.81. The van der Waals surface area contributed by atoms with Crippen molar-refractivity contribution < 1.29 is 8.42 Å². The van der Waals surface area contributed by atoms with Gasteiger partial charge in [0, 0.05) is 12.6 Å². The third-order valence-electron chi connectivity index (χ3n) is 2.87. The van der Waals surface area contributed by atoms with Crippen molar-refractivity contribution >= 4 is 33.2 Å². The van der Waals surface area contributed by atoms with E-state index in [0.29, 0.717) is 6.54 Å². The summed E-state index contributed by atoms with van der Waals surface area (Å²) in [5, 5.41) is 3.48. The van der Waals surface area contributed by atoms with E-state index in [1.165, 1.54) is 12.1 Å². The first kappa shape index (κ1) is 14.1. The molecule has 1 aromatic carbocycles. The normalized spacial score (nSPS) is 20.2. The lowest BCUT2D eigenvalue weighted by Gasteiger charge is -2.13. The summed E-state index contributed by atoms with van der Waals surface area (Å²) in [5.41, 5.74) is 0. The van der Waals surface area contributed by atoms with Crippen molar-refractivity contribution in [1.29, 1.82) is 0 Å². The van der Waals surface area contributed by atoms with Crippen molar-refractivity contribution in [2.75, 3.05) is 13.1 Å². The molecule has 2 rings (SSSR count). The first-order valence-corrected chi connectivity index (χ1v) is 7.91. The Morgan fingerprint density at radius 1 is 1.33 bits per heavy atom. The highest BCUT2D eigenvalue weighted by Gasteiger charge is 2.23. The van der Waals surface area contributed by atoms with E-state index in [1.54, 1.807) is 6.07 Å². The fraction of sp³-hybridized carbons (Fsp3) is 0.455. The highest BCUT2D eigenvalue weighted by molar-refractivity contribution is 7.89. The summed E-state index contributed by atoms with van der Waals surface area (Å²) in [7, 11) is -3.66. The van der Waals surface area contributed by atoms with E-state index < -0.39 is 10.0 Å². The number of sulfonamides is 1. The molecule has 100 valence electrons. The zero-order valence-electron chi connectivity index (χ0n) is 9.62. The average molecular weight is 309 g/mol. The van der Waals surface area contributed by atoms with Gasteiger partial charge in [-0.1, -0.05) is 29.3 Å². The molecule has 1 aliphatic heterocycles. The van der Waals surface area contributed by atoms with E-state index in [2.05, 4.69) is 10.0 Å². The summed E-state index contributed by atoms with van der Waals surface area (Å²) in [6.45, 7) is 1.28. The lowest BCUT2D eigenvalue weighted by atomic mass is 10.2. The second kappa shape index (κ2) is 5.75. The van der Waals surface area contributed by atoms with Crippen LogP contribution < -0.4 is 10.0 Å². The summed E-state index contributed by atoms with van der Waals surface area (Å²) >= 11 is 11.8. The van der Waals surface area contributed by atoms with Gasteiger partial charge in [0.2, 0.25) is 10.0 Å². The van der Waals surface area contributed by atoms with Crippen LogP contribution in [0.1, 0.15) is 12.8 Å². The Bertz CT molecular complexity index is 508. The zero-order valence-corrected chi connectivity index (χ0v) is 11.9. The molecule has 7 heteroatoms. The Balaban J connectivity index is 2.15. The van der Waals surface area contributed by atoms with Gasteiger partial charge in [0.1, 0.15) is 4.90 Å². The van der Waals surface area contributed by atoms with Crippen LogP contribution in [0, 0.1) is 0 Å². The van der Waals surface area contributed by atoms with E-state index in [0.717, 1.165) is 19.4 Å². The van der Waals surface area contributed by atoms with Crippen LogP contribution in [0.5, 0.6) is 0 Å². The smallest absolute Gasteiger partial charge is 0.243 e. The molecule has 1 aliphatic rings. The zero-order chi connectivity index (χ0) is 13.2. The van der Waals surface area contributed by atoms with Crippen molar-refractivity contribution in [3.8, 4) is 0 Å². The molecule has 2 N–H and O–H groups in total. The number of hydrogen-bond acceptors (Lipinski definition) is 3. The van der Waals surface area contributed by atoms with Crippen LogP contribution in [0.3, 0.4) is 0 Å². The summed E-state index contributed by atoms with van der Waals surface area (Å²) < 4.78 is 26.8. The molecule has 0 aliphatic carbocycles. The molecule has 0 radical (unpaired) electrons. The molecule has 0 bridgehead atoms. The standard InChI is InChI=1S/C11H14Cl2N2O2S/c12-9-4-1-5-10(13)11(9)18(16,17)15-7-8-3-2-6-14-8/h1,4-5,8,14-15H,2-3,6-7H2/t8-/m0/s1. The Morgan fingerprint density at radius 3 is 2.56 bits per heavy atom. The van der Waals surface area contributed by atoms with E-state index in [1.807, 2.05) is 0 Å². The quantitative estimate of drug-likeness (QED) is 0.894. The molecule has 1 atom stereocenters. The summed E-state index contributed by atoms with van der Waals surface area (Å²) in [6.07, 6.45) is 2.04. The van der Waals surface area contributed by atoms with Crippen molar-refractivity contribution in [1.82, 2.24) is 10.0 Å². The van der Waals surface area contributed by atoms with Gasteiger partial charge in [-0.3, -0.25) is 0 Å². The number of benzene rings is 1. The predicted octanol–water partition coefficient (Wildman–Crippen LogP) is 2.02. The van der Waals surface area contributed by atoms with Gasteiger partial charge in [-0.05, 0) is 31.5 Å². The van der Waals surface area contributed by atoms with Gasteiger partial charge in [0.15, 0.2) is 0 Å². The highest BCUT2D eigenvalue weighted by atomic mass is 35.5. The first-order chi connectivity index (χ1) is 8.50. The molecule has 1 saturated heterocycles. The van der Waals surface area contributed by atoms with E-state index in [4.69, 9.17) is 23.2 Å². The highest BCUT2D eigenvalue weighted by Crippen LogP contribution is 2.28. The van der Waals surface area contributed by atoms with E-state index in [-0.39, 0.29) is 21.0 Å². The third kappa shape index (κ3) is 3.16. The van der Waals surface area contributed by atoms with Crippen molar-refractivity contribution in [2.45, 2.75) is 23.8 Å². The molecule has 1 heterocycles. The van der Waals surface area contributed by atoms with Crippen LogP contribution in [0.15, 0.2) is 23.1 Å². The molecule has 1 fully saturated rings. The molecule has 0 aromatic heterocycles. The minimum Gasteiger partial charge on any atom is -0.313 e. The molecule has 18 heavy (non-hydrogen) atoms. The van der Waals surface area contributed by atoms with Gasteiger partial charge in [-0.25, -0.2) is 13.1 Å². The largest absolute Gasteiger partial charge is 0.313 e. The third-order valence-corrected chi connectivity index (χ3v) is 5.25. The van der Waals surface area contributed by atoms with Crippen LogP contribution in [0.4, 0.5) is 0 Å². The Morgan fingerprint density at radius 2 is 2.00 bits per heavy atom. The van der Waals surface area contributed by atoms with Gasteiger partial charge >= 0.3 is 0 Å². The molecule has 4 nitrogen and oxygen atoms in total. The summed E-state index contributed by atoms with van der Waals surface area (Å²) in [5.74, 6) is 0. The molecular weight excluding hydrogens is 295 g/mol. The van der Waals surface area contributed by atoms with Crippen molar-refractivity contribution in [3.05, 3.63) is 28.2 Å². The first-order valence-electron chi connectivity index (χ1n) is 5.68. The van der Waals surface area contributed by atoms with E-state index in [9.17, 15) is 8.42 Å². The Labute approximate surface area is 117 Å². The van der Waals surface area contributed by atoms with Gasteiger partial charge in [0.05, 0.1) is 10.0 Å². The average Bonchev–Trinajstić information content (AvgIpc) is 2.78. The molecular formula is C11H14Cl2N2O2S. The maximum absolute atomic E-state index is 12.1. The molecule has 0 unspecified atom stereocenters. The fourth-order valence-corrected chi connectivity index (χ4v) is 4.17. The van der Waals surface area contributed by atoms with Gasteiger partial charge in [-0.2, -0.15) is 0 Å². The fourth-order valence-electron chi connectivity index (χ4n) is 1.95. The second-order valence-electron chi connectivity index (χ2n) is 4.20. The van der Waals surface area contributed by atoms with Crippen LogP contribution in [0.25, 0.3) is 0 Å². The SMILES string of the molecule is O=S(=O)(NC[C@@H]1CCCN1)c1c(Cl)cccc1Cl. The molecule has 1 aromatic rings. The molecule has 0 saturated carbocycles. The maximum Gasteiger partial charge on any atom is 0.243 e. The second-order valence-corrected chi connectivity index (χ2v) is 6.71. The van der Waals surface area contributed by atoms with Crippen LogP contribution >= 0.6 is 23.2 Å². The Hall–Kier alpha value is -0.330. The molecule has 0 spiro atoms. The lowest BCUT2D eigenvalue weighted by molar-refractivity contribution is 0.552. The van der Waals surface area contributed by atoms with Crippen molar-refractivity contribution in [3.63, 3.8) is 0 Å². The lowest BCUT2D eigenvalue weighted by Crippen LogP contribution is -2.37. The monoisotopic (exact) mass is 308 g/mol. The maximum atomic E-state index is 12.1. The number of rotatable bonds is 4. The van der Waals surface area contributed by atoms with Crippen LogP contribution in [-0.4, -0.2) is 27.5 Å². The van der Waals surface area contributed by atoms with Gasteiger partial charge < -0.3 is 5.32 Å². The van der Waals surface area contributed by atoms with E-state index >= 15 is 0 Å². The number of halogens is 2. The number of nitrogens with one attached hydrogen (secondary N) is 2. The van der Waals surface area contributed by atoms with Gasteiger partial charge in [0.25, 0.3) is 0 Å². The van der Waals surface area contributed by atoms with Crippen LogP contribution in [-0.2, 0) is 10.0 Å². The predicted molar refractivity (Wildman–Crippen MR) is 72.7 cm³/mol. The van der Waals surface area contributed by atoms with Crippen molar-refractivity contribution in [2.24, 2.45) is 0 Å². The minimum absolute atomic E-state index is 0.0497. The number of hydrogen-bond donors (Lipinski definition) is 2. The topological polar surface area (TPSA) is 58.2 Å². The molecule has 0 amide bonds. The summed E-state index contributed by atoms with van der Waals surface area (Å²) in [4.78, 5) is -0.0497. The Kier molecular flexibility index (Phi) is 4.50. The minimum atomic E-state index is -3.66. The van der Waals surface area contributed by atoms with Crippen LogP contribution in [0.2, 0.25) is 10.0 Å². The van der Waals surface area contributed by atoms with Gasteiger partial charge in [-0.15, -0.1) is 0 Å².